The van der Waals surface area contributed by atoms with Crippen molar-refractivity contribution in [1.29, 1.82) is 0 Å². The highest BCUT2D eigenvalue weighted by molar-refractivity contribution is 5.85. The van der Waals surface area contributed by atoms with Crippen molar-refractivity contribution in [2.24, 2.45) is 11.1 Å². The molecular formula is C16H27ClN2O. The summed E-state index contributed by atoms with van der Waals surface area (Å²) >= 11 is 0. The molecule has 1 aromatic carbocycles. The smallest absolute Gasteiger partial charge is 0.222 e. The molecule has 114 valence electrons. The molecule has 1 rings (SSSR count). The Hall–Kier alpha value is -1.06. The highest BCUT2D eigenvalue weighted by atomic mass is 35.5. The van der Waals surface area contributed by atoms with E-state index in [0.717, 1.165) is 12.0 Å². The first-order valence-electron chi connectivity index (χ1n) is 6.94. The maximum atomic E-state index is 12.3. The average Bonchev–Trinajstić information content (AvgIpc) is 2.36. The summed E-state index contributed by atoms with van der Waals surface area (Å²) in [4.78, 5) is 14.1. The van der Waals surface area contributed by atoms with Crippen LogP contribution in [-0.4, -0.2) is 23.9 Å². The van der Waals surface area contributed by atoms with Crippen molar-refractivity contribution in [3.05, 3.63) is 35.9 Å². The van der Waals surface area contributed by atoms with E-state index < -0.39 is 0 Å². The molecule has 0 atom stereocenters. The van der Waals surface area contributed by atoms with Crippen molar-refractivity contribution in [2.45, 2.75) is 40.2 Å². The largest absolute Gasteiger partial charge is 0.337 e. The first-order valence-corrected chi connectivity index (χ1v) is 6.94. The van der Waals surface area contributed by atoms with E-state index in [2.05, 4.69) is 20.8 Å². The number of amides is 1. The number of carbonyl (C=O) groups excluding carboxylic acids is 1. The van der Waals surface area contributed by atoms with Gasteiger partial charge in [-0.05, 0) is 17.4 Å². The summed E-state index contributed by atoms with van der Waals surface area (Å²) in [7, 11) is 0. The Balaban J connectivity index is 0.00000361. The van der Waals surface area contributed by atoms with Gasteiger partial charge in [0.15, 0.2) is 0 Å². The summed E-state index contributed by atoms with van der Waals surface area (Å²) in [6.07, 6.45) is 1.50. The number of nitrogens with two attached hydrogens (primary N) is 1. The third-order valence-electron chi connectivity index (χ3n) is 3.06. The molecule has 3 nitrogen and oxygen atoms in total. The molecular weight excluding hydrogens is 272 g/mol. The van der Waals surface area contributed by atoms with Crippen LogP contribution in [0, 0.1) is 5.41 Å². The minimum absolute atomic E-state index is 0. The highest BCUT2D eigenvalue weighted by Crippen LogP contribution is 2.21. The maximum Gasteiger partial charge on any atom is 0.222 e. The molecule has 2 N–H and O–H groups in total. The third-order valence-corrected chi connectivity index (χ3v) is 3.06. The van der Waals surface area contributed by atoms with Crippen LogP contribution in [0.25, 0.3) is 0 Å². The molecule has 1 aromatic rings. The van der Waals surface area contributed by atoms with Gasteiger partial charge in [-0.25, -0.2) is 0 Å². The van der Waals surface area contributed by atoms with Crippen LogP contribution in [0.4, 0.5) is 0 Å². The topological polar surface area (TPSA) is 46.3 Å². The van der Waals surface area contributed by atoms with Crippen molar-refractivity contribution in [1.82, 2.24) is 4.90 Å². The van der Waals surface area contributed by atoms with Crippen molar-refractivity contribution in [3.63, 3.8) is 0 Å². The summed E-state index contributed by atoms with van der Waals surface area (Å²) in [5.74, 6) is 0.198. The molecule has 0 unspecified atom stereocenters. The fraction of sp³-hybridized carbons (Fsp3) is 0.562. The molecule has 0 spiro atoms. The van der Waals surface area contributed by atoms with Gasteiger partial charge < -0.3 is 10.6 Å². The summed E-state index contributed by atoms with van der Waals surface area (Å²) in [5.41, 5.74) is 6.95. The minimum atomic E-state index is 0. The lowest BCUT2D eigenvalue weighted by atomic mass is 9.90. The zero-order chi connectivity index (χ0) is 14.3. The van der Waals surface area contributed by atoms with Crippen molar-refractivity contribution < 1.29 is 4.79 Å². The number of hydrogen-bond donors (Lipinski definition) is 1. The van der Waals surface area contributed by atoms with E-state index in [1.54, 1.807) is 0 Å². The standard InChI is InChI=1S/C16H26N2O.ClH/c1-16(2,3)10-9-15(19)18(12-11-17)13-14-7-5-4-6-8-14;/h4-8H,9-13,17H2,1-3H3;1H. The molecule has 0 heterocycles. The van der Waals surface area contributed by atoms with Gasteiger partial charge in [0, 0.05) is 26.1 Å². The van der Waals surface area contributed by atoms with E-state index in [0.29, 0.717) is 26.1 Å². The quantitative estimate of drug-likeness (QED) is 0.876. The average molecular weight is 299 g/mol. The first kappa shape index (κ1) is 18.9. The predicted octanol–water partition coefficient (Wildman–Crippen LogP) is 3.22. The first-order chi connectivity index (χ1) is 8.92. The molecule has 0 aliphatic rings. The molecule has 0 bridgehead atoms. The van der Waals surface area contributed by atoms with Crippen molar-refractivity contribution >= 4 is 18.3 Å². The van der Waals surface area contributed by atoms with Gasteiger partial charge in [0.1, 0.15) is 0 Å². The van der Waals surface area contributed by atoms with Crippen LogP contribution in [-0.2, 0) is 11.3 Å². The Labute approximate surface area is 128 Å². The molecule has 0 aliphatic heterocycles. The van der Waals surface area contributed by atoms with E-state index >= 15 is 0 Å². The van der Waals surface area contributed by atoms with E-state index in [1.807, 2.05) is 35.2 Å². The van der Waals surface area contributed by atoms with Crippen molar-refractivity contribution in [3.8, 4) is 0 Å². The van der Waals surface area contributed by atoms with Crippen LogP contribution in [0.15, 0.2) is 30.3 Å². The highest BCUT2D eigenvalue weighted by Gasteiger charge is 2.17. The maximum absolute atomic E-state index is 12.3. The van der Waals surface area contributed by atoms with E-state index in [9.17, 15) is 4.79 Å². The van der Waals surface area contributed by atoms with Gasteiger partial charge in [0.25, 0.3) is 0 Å². The number of halogens is 1. The minimum Gasteiger partial charge on any atom is -0.337 e. The third kappa shape index (κ3) is 7.51. The zero-order valence-corrected chi connectivity index (χ0v) is 13.6. The van der Waals surface area contributed by atoms with Crippen LogP contribution in [0.3, 0.4) is 0 Å². The normalized spacial score (nSPS) is 10.8. The van der Waals surface area contributed by atoms with Gasteiger partial charge in [-0.15, -0.1) is 12.4 Å². The SMILES string of the molecule is CC(C)(C)CCC(=O)N(CCN)Cc1ccccc1.Cl. The molecule has 0 radical (unpaired) electrons. The van der Waals surface area contributed by atoms with E-state index in [-0.39, 0.29) is 23.7 Å². The van der Waals surface area contributed by atoms with Crippen LogP contribution in [0.5, 0.6) is 0 Å². The Bertz CT molecular complexity index is 387. The number of carbonyl (C=O) groups is 1. The molecule has 0 aliphatic carbocycles. The lowest BCUT2D eigenvalue weighted by Gasteiger charge is -2.24. The zero-order valence-electron chi connectivity index (χ0n) is 12.8. The Morgan fingerprint density at radius 3 is 2.30 bits per heavy atom. The predicted molar refractivity (Wildman–Crippen MR) is 86.9 cm³/mol. The van der Waals surface area contributed by atoms with Gasteiger partial charge in [0.2, 0.25) is 5.91 Å². The fourth-order valence-electron chi connectivity index (χ4n) is 1.89. The molecule has 0 saturated carbocycles. The Kier molecular flexibility index (Phi) is 8.51. The van der Waals surface area contributed by atoms with Crippen molar-refractivity contribution in [2.75, 3.05) is 13.1 Å². The van der Waals surface area contributed by atoms with E-state index in [1.165, 1.54) is 0 Å². The molecule has 0 saturated heterocycles. The second kappa shape index (κ2) is 8.98. The summed E-state index contributed by atoms with van der Waals surface area (Å²) in [6, 6.07) is 10.1. The monoisotopic (exact) mass is 298 g/mol. The summed E-state index contributed by atoms with van der Waals surface area (Å²) in [5, 5.41) is 0. The van der Waals surface area contributed by atoms with Crippen LogP contribution in [0.1, 0.15) is 39.2 Å². The van der Waals surface area contributed by atoms with E-state index in [4.69, 9.17) is 5.73 Å². The van der Waals surface area contributed by atoms with Crippen LogP contribution in [0.2, 0.25) is 0 Å². The molecule has 1 amide bonds. The second-order valence-electron chi connectivity index (χ2n) is 6.15. The summed E-state index contributed by atoms with van der Waals surface area (Å²) < 4.78 is 0. The Morgan fingerprint density at radius 1 is 1.20 bits per heavy atom. The van der Waals surface area contributed by atoms with Gasteiger partial charge in [0.05, 0.1) is 0 Å². The van der Waals surface area contributed by atoms with Crippen LogP contribution >= 0.6 is 12.4 Å². The molecule has 20 heavy (non-hydrogen) atoms. The molecule has 4 heteroatoms. The summed E-state index contributed by atoms with van der Waals surface area (Å²) in [6.45, 7) is 8.26. The van der Waals surface area contributed by atoms with Gasteiger partial charge in [-0.2, -0.15) is 0 Å². The Morgan fingerprint density at radius 2 is 1.80 bits per heavy atom. The van der Waals surface area contributed by atoms with Gasteiger partial charge >= 0.3 is 0 Å². The molecule has 0 aromatic heterocycles. The van der Waals surface area contributed by atoms with Gasteiger partial charge in [-0.1, -0.05) is 51.1 Å². The lowest BCUT2D eigenvalue weighted by molar-refractivity contribution is -0.132. The molecule has 0 fully saturated rings. The fourth-order valence-corrected chi connectivity index (χ4v) is 1.89. The van der Waals surface area contributed by atoms with Gasteiger partial charge in [-0.3, -0.25) is 4.79 Å². The number of nitrogens with zero attached hydrogens (tertiary/aromatic N) is 1. The number of hydrogen-bond acceptors (Lipinski definition) is 2. The second-order valence-corrected chi connectivity index (χ2v) is 6.15. The number of benzene rings is 1. The number of rotatable bonds is 6. The van der Waals surface area contributed by atoms with Crippen LogP contribution < -0.4 is 5.73 Å². The lowest BCUT2D eigenvalue weighted by Crippen LogP contribution is -2.35.